The number of hydrogen-bond donors (Lipinski definition) is 3. The van der Waals surface area contributed by atoms with Crippen LogP contribution >= 0.6 is 0 Å². The lowest BCUT2D eigenvalue weighted by Crippen LogP contribution is -2.44. The van der Waals surface area contributed by atoms with Gasteiger partial charge in [-0.1, -0.05) is 12.1 Å². The van der Waals surface area contributed by atoms with Crippen LogP contribution in [0.1, 0.15) is 31.4 Å². The van der Waals surface area contributed by atoms with Crippen molar-refractivity contribution in [1.82, 2.24) is 16.0 Å². The van der Waals surface area contributed by atoms with Crippen LogP contribution in [0, 0.1) is 0 Å². The Morgan fingerprint density at radius 2 is 1.83 bits per heavy atom. The van der Waals surface area contributed by atoms with Crippen molar-refractivity contribution in [2.75, 3.05) is 0 Å². The third kappa shape index (κ3) is 4.03. The van der Waals surface area contributed by atoms with E-state index in [-0.39, 0.29) is 12.0 Å². The lowest BCUT2D eigenvalue weighted by Gasteiger charge is -2.28. The Kier molecular flexibility index (Phi) is 4.54. The van der Waals surface area contributed by atoms with Crippen molar-refractivity contribution < 1.29 is 27.6 Å². The van der Waals surface area contributed by atoms with E-state index in [1.165, 1.54) is 12.1 Å². The molecule has 4 amide bonds. The standard InChI is InChI=1S/C15H16F3N3O3/c1-14(2,8-4-3-5-9(6-8)15(16,17)18)21-11(22)7-10-12(23)20-13(24)19-10/h3-6,10H,7H2,1-2H3,(H,21,22)(H2,19,20,23,24)/t10-/m0/s1. The summed E-state index contributed by atoms with van der Waals surface area (Å²) in [4.78, 5) is 34.5. The zero-order valence-corrected chi connectivity index (χ0v) is 13.0. The van der Waals surface area contributed by atoms with E-state index in [9.17, 15) is 27.6 Å². The first-order valence-electron chi connectivity index (χ1n) is 7.09. The minimum Gasteiger partial charge on any atom is -0.347 e. The van der Waals surface area contributed by atoms with Crippen LogP contribution in [0.15, 0.2) is 24.3 Å². The maximum atomic E-state index is 12.8. The Labute approximate surface area is 135 Å². The highest BCUT2D eigenvalue weighted by atomic mass is 19.4. The third-order valence-electron chi connectivity index (χ3n) is 3.61. The van der Waals surface area contributed by atoms with E-state index in [2.05, 4.69) is 10.6 Å². The average Bonchev–Trinajstić information content (AvgIpc) is 2.75. The Bertz CT molecular complexity index is 686. The zero-order chi connectivity index (χ0) is 18.1. The Balaban J connectivity index is 2.09. The van der Waals surface area contributed by atoms with Gasteiger partial charge in [0.15, 0.2) is 0 Å². The number of amides is 4. The number of alkyl halides is 3. The first kappa shape index (κ1) is 17.8. The monoisotopic (exact) mass is 343 g/mol. The molecule has 130 valence electrons. The van der Waals surface area contributed by atoms with Crippen molar-refractivity contribution in [1.29, 1.82) is 0 Å². The molecule has 2 rings (SSSR count). The van der Waals surface area contributed by atoms with Crippen molar-refractivity contribution in [2.24, 2.45) is 0 Å². The molecule has 0 aliphatic carbocycles. The summed E-state index contributed by atoms with van der Waals surface area (Å²) in [6.45, 7) is 3.10. The maximum absolute atomic E-state index is 12.8. The largest absolute Gasteiger partial charge is 0.416 e. The topological polar surface area (TPSA) is 87.3 Å². The first-order valence-corrected chi connectivity index (χ1v) is 7.09. The van der Waals surface area contributed by atoms with Gasteiger partial charge in [-0.2, -0.15) is 13.2 Å². The molecule has 24 heavy (non-hydrogen) atoms. The normalized spacial score (nSPS) is 18.1. The van der Waals surface area contributed by atoms with Gasteiger partial charge in [0.2, 0.25) is 5.91 Å². The highest BCUT2D eigenvalue weighted by molar-refractivity contribution is 6.05. The minimum absolute atomic E-state index is 0.269. The molecule has 1 aliphatic rings. The molecule has 3 N–H and O–H groups in total. The van der Waals surface area contributed by atoms with E-state index < -0.39 is 41.2 Å². The van der Waals surface area contributed by atoms with Crippen LogP contribution in [-0.2, 0) is 21.3 Å². The zero-order valence-electron chi connectivity index (χ0n) is 13.0. The van der Waals surface area contributed by atoms with Crippen molar-refractivity contribution in [3.63, 3.8) is 0 Å². The molecule has 1 fully saturated rings. The summed E-state index contributed by atoms with van der Waals surface area (Å²) in [6.07, 6.45) is -4.79. The van der Waals surface area contributed by atoms with Crippen LogP contribution < -0.4 is 16.0 Å². The number of hydrogen-bond acceptors (Lipinski definition) is 3. The third-order valence-corrected chi connectivity index (χ3v) is 3.61. The Morgan fingerprint density at radius 1 is 1.21 bits per heavy atom. The summed E-state index contributed by atoms with van der Waals surface area (Å²) in [5.41, 5.74) is -1.63. The van der Waals surface area contributed by atoms with Crippen LogP contribution in [-0.4, -0.2) is 23.9 Å². The molecule has 1 aromatic carbocycles. The van der Waals surface area contributed by atoms with Gasteiger partial charge in [0.1, 0.15) is 6.04 Å². The molecular formula is C15H16F3N3O3. The smallest absolute Gasteiger partial charge is 0.347 e. The van der Waals surface area contributed by atoms with Crippen LogP contribution in [0.25, 0.3) is 0 Å². The highest BCUT2D eigenvalue weighted by Gasteiger charge is 2.34. The summed E-state index contributed by atoms with van der Waals surface area (Å²) in [7, 11) is 0. The van der Waals surface area contributed by atoms with E-state index >= 15 is 0 Å². The van der Waals surface area contributed by atoms with Crippen molar-refractivity contribution >= 4 is 17.8 Å². The second-order valence-electron chi connectivity index (χ2n) is 5.97. The number of carbonyl (C=O) groups excluding carboxylic acids is 3. The molecule has 9 heteroatoms. The Hall–Kier alpha value is -2.58. The summed E-state index contributed by atoms with van der Waals surface area (Å²) in [5.74, 6) is -1.19. The summed E-state index contributed by atoms with van der Waals surface area (Å²) >= 11 is 0. The lowest BCUT2D eigenvalue weighted by molar-refractivity contribution is -0.137. The number of imide groups is 1. The van der Waals surface area contributed by atoms with Gasteiger partial charge >= 0.3 is 12.2 Å². The predicted molar refractivity (Wildman–Crippen MR) is 77.7 cm³/mol. The molecule has 1 heterocycles. The molecule has 0 aromatic heterocycles. The predicted octanol–water partition coefficient (Wildman–Crippen LogP) is 1.65. The SMILES string of the molecule is CC(C)(NC(=O)C[C@@H]1NC(=O)NC1=O)c1cccc(C(F)(F)F)c1. The van der Waals surface area contributed by atoms with E-state index in [1.54, 1.807) is 13.8 Å². The Morgan fingerprint density at radius 3 is 2.38 bits per heavy atom. The molecule has 0 bridgehead atoms. The van der Waals surface area contributed by atoms with Crippen molar-refractivity contribution in [3.05, 3.63) is 35.4 Å². The van der Waals surface area contributed by atoms with Crippen LogP contribution in [0.2, 0.25) is 0 Å². The average molecular weight is 343 g/mol. The fourth-order valence-electron chi connectivity index (χ4n) is 2.34. The van der Waals surface area contributed by atoms with Crippen LogP contribution in [0.4, 0.5) is 18.0 Å². The number of rotatable bonds is 4. The molecule has 6 nitrogen and oxygen atoms in total. The second kappa shape index (κ2) is 6.14. The number of halogens is 3. The summed E-state index contributed by atoms with van der Waals surface area (Å²) < 4.78 is 38.4. The second-order valence-corrected chi connectivity index (χ2v) is 5.97. The first-order chi connectivity index (χ1) is 11.0. The van der Waals surface area contributed by atoms with Gasteiger partial charge in [-0.3, -0.25) is 14.9 Å². The number of nitrogens with one attached hydrogen (secondary N) is 3. The maximum Gasteiger partial charge on any atom is 0.416 e. The minimum atomic E-state index is -4.48. The number of urea groups is 1. The quantitative estimate of drug-likeness (QED) is 0.727. The van der Waals surface area contributed by atoms with E-state index in [0.29, 0.717) is 0 Å². The van der Waals surface area contributed by atoms with Gasteiger partial charge in [-0.05, 0) is 31.5 Å². The molecule has 0 radical (unpaired) electrons. The fourth-order valence-corrected chi connectivity index (χ4v) is 2.34. The van der Waals surface area contributed by atoms with Gasteiger partial charge in [-0.25, -0.2) is 4.79 Å². The van der Waals surface area contributed by atoms with Gasteiger partial charge < -0.3 is 10.6 Å². The van der Waals surface area contributed by atoms with E-state index in [1.807, 2.05) is 5.32 Å². The summed E-state index contributed by atoms with van der Waals surface area (Å²) in [5, 5.41) is 6.85. The molecule has 1 atom stereocenters. The number of carbonyl (C=O) groups is 3. The lowest BCUT2D eigenvalue weighted by atomic mass is 9.92. The number of benzene rings is 1. The van der Waals surface area contributed by atoms with Crippen molar-refractivity contribution in [2.45, 2.75) is 38.0 Å². The van der Waals surface area contributed by atoms with Gasteiger partial charge in [0.25, 0.3) is 5.91 Å². The molecular weight excluding hydrogens is 327 g/mol. The highest BCUT2D eigenvalue weighted by Crippen LogP contribution is 2.32. The van der Waals surface area contributed by atoms with Crippen molar-refractivity contribution in [3.8, 4) is 0 Å². The van der Waals surface area contributed by atoms with E-state index in [0.717, 1.165) is 12.1 Å². The molecule has 1 aliphatic heterocycles. The van der Waals surface area contributed by atoms with E-state index in [4.69, 9.17) is 0 Å². The molecule has 0 unspecified atom stereocenters. The molecule has 0 saturated carbocycles. The summed E-state index contributed by atoms with van der Waals surface area (Å²) in [6, 6.07) is 2.96. The molecule has 1 aromatic rings. The van der Waals surface area contributed by atoms with Gasteiger partial charge in [0, 0.05) is 0 Å². The van der Waals surface area contributed by atoms with Crippen LogP contribution in [0.3, 0.4) is 0 Å². The van der Waals surface area contributed by atoms with Gasteiger partial charge in [0.05, 0.1) is 17.5 Å². The molecule has 0 spiro atoms. The van der Waals surface area contributed by atoms with Crippen LogP contribution in [0.5, 0.6) is 0 Å². The molecule has 1 saturated heterocycles. The fraction of sp³-hybridized carbons (Fsp3) is 0.400. The van der Waals surface area contributed by atoms with Gasteiger partial charge in [-0.15, -0.1) is 0 Å².